The molecule has 130 valence electrons. The molecule has 0 bridgehead atoms. The first-order valence-corrected chi connectivity index (χ1v) is 7.27. The molecule has 0 radical (unpaired) electrons. The van der Waals surface area contributed by atoms with Crippen molar-refractivity contribution in [2.24, 2.45) is 10.8 Å². The van der Waals surface area contributed by atoms with Gasteiger partial charge in [-0.25, -0.2) is 4.79 Å². The zero-order valence-corrected chi connectivity index (χ0v) is 14.3. The van der Waals surface area contributed by atoms with Crippen molar-refractivity contribution in [2.45, 2.75) is 34.1 Å². The van der Waals surface area contributed by atoms with Gasteiger partial charge in [0.2, 0.25) is 0 Å². The van der Waals surface area contributed by atoms with Crippen molar-refractivity contribution in [1.29, 1.82) is 0 Å². The van der Waals surface area contributed by atoms with E-state index in [0.717, 1.165) is 6.08 Å². The van der Waals surface area contributed by atoms with E-state index in [4.69, 9.17) is 14.2 Å². The molecule has 0 unspecified atom stereocenters. The van der Waals surface area contributed by atoms with Gasteiger partial charge in [0.05, 0.1) is 25.0 Å². The molecule has 0 aliphatic carbocycles. The Morgan fingerprint density at radius 1 is 0.913 bits per heavy atom. The smallest absolute Gasteiger partial charge is 0.330 e. The first kappa shape index (κ1) is 20.9. The number of carbonyl (C=O) groups is 3. The first-order valence-electron chi connectivity index (χ1n) is 7.27. The average molecular weight is 326 g/mol. The van der Waals surface area contributed by atoms with E-state index >= 15 is 0 Å². The van der Waals surface area contributed by atoms with E-state index in [2.05, 4.69) is 13.2 Å². The highest BCUT2D eigenvalue weighted by molar-refractivity contribution is 5.82. The molecule has 0 spiro atoms. The van der Waals surface area contributed by atoms with Crippen LogP contribution in [0.3, 0.4) is 0 Å². The van der Waals surface area contributed by atoms with E-state index in [0.29, 0.717) is 0 Å². The number of esters is 3. The molecule has 0 rings (SSSR count). The fraction of sp³-hybridized carbons (Fsp3) is 0.588. The minimum atomic E-state index is -0.978. The molecule has 0 aromatic heterocycles. The summed E-state index contributed by atoms with van der Waals surface area (Å²) in [6.45, 7) is 13.7. The van der Waals surface area contributed by atoms with Crippen molar-refractivity contribution in [1.82, 2.24) is 0 Å². The second-order valence-electron chi connectivity index (χ2n) is 6.59. The summed E-state index contributed by atoms with van der Waals surface area (Å²) >= 11 is 0. The normalized spacial score (nSPS) is 11.3. The monoisotopic (exact) mass is 326 g/mol. The van der Waals surface area contributed by atoms with Crippen LogP contribution in [0.2, 0.25) is 0 Å². The largest absolute Gasteiger partial charge is 0.465 e. The van der Waals surface area contributed by atoms with E-state index in [1.807, 2.05) is 13.8 Å². The van der Waals surface area contributed by atoms with Crippen LogP contribution in [0.25, 0.3) is 0 Å². The van der Waals surface area contributed by atoms with Crippen LogP contribution in [-0.2, 0) is 28.6 Å². The van der Waals surface area contributed by atoms with Gasteiger partial charge >= 0.3 is 17.9 Å². The van der Waals surface area contributed by atoms with Crippen LogP contribution in [0.4, 0.5) is 0 Å². The number of hydrogen-bond acceptors (Lipinski definition) is 6. The van der Waals surface area contributed by atoms with Gasteiger partial charge in [0.1, 0.15) is 6.61 Å². The van der Waals surface area contributed by atoms with Gasteiger partial charge in [0.25, 0.3) is 0 Å². The topological polar surface area (TPSA) is 78.9 Å². The zero-order valence-electron chi connectivity index (χ0n) is 14.3. The molecule has 6 heteroatoms. The van der Waals surface area contributed by atoms with Gasteiger partial charge in [-0.1, -0.05) is 26.5 Å². The molecule has 0 saturated carbocycles. The minimum Gasteiger partial charge on any atom is -0.465 e. The average Bonchev–Trinajstić information content (AvgIpc) is 2.48. The molecule has 0 aliphatic heterocycles. The summed E-state index contributed by atoms with van der Waals surface area (Å²) in [5, 5.41) is 0. The lowest BCUT2D eigenvalue weighted by Gasteiger charge is -2.27. The molecule has 0 saturated heterocycles. The van der Waals surface area contributed by atoms with E-state index in [1.54, 1.807) is 13.8 Å². The Hall–Kier alpha value is -2.11. The maximum absolute atomic E-state index is 12.1. The predicted octanol–water partition coefficient (Wildman–Crippen LogP) is 2.43. The molecule has 0 amide bonds. The minimum absolute atomic E-state index is 0.0754. The summed E-state index contributed by atoms with van der Waals surface area (Å²) in [6, 6.07) is 0. The third-order valence-electron chi connectivity index (χ3n) is 2.82. The second kappa shape index (κ2) is 9.12. The van der Waals surface area contributed by atoms with Gasteiger partial charge in [0.15, 0.2) is 0 Å². The van der Waals surface area contributed by atoms with Gasteiger partial charge in [-0.3, -0.25) is 9.59 Å². The fourth-order valence-electron chi connectivity index (χ4n) is 1.32. The van der Waals surface area contributed by atoms with Crippen LogP contribution >= 0.6 is 0 Å². The van der Waals surface area contributed by atoms with Gasteiger partial charge < -0.3 is 14.2 Å². The number of rotatable bonds is 10. The molecule has 23 heavy (non-hydrogen) atoms. The van der Waals surface area contributed by atoms with E-state index in [-0.39, 0.29) is 32.2 Å². The van der Waals surface area contributed by atoms with Crippen molar-refractivity contribution in [3.63, 3.8) is 0 Å². The molecular weight excluding hydrogens is 300 g/mol. The SMILES string of the molecule is C=CCC(=O)OCC(C)(C)COC(=O)C(C)(C)COC(=O)C=C. The number of carbonyl (C=O) groups excluding carboxylic acids is 3. The van der Waals surface area contributed by atoms with Crippen molar-refractivity contribution in [3.8, 4) is 0 Å². The summed E-state index contributed by atoms with van der Waals surface area (Å²) < 4.78 is 15.2. The highest BCUT2D eigenvalue weighted by atomic mass is 16.6. The lowest BCUT2D eigenvalue weighted by atomic mass is 9.93. The Bertz CT molecular complexity index is 462. The third-order valence-corrected chi connectivity index (χ3v) is 2.82. The standard InChI is InChI=1S/C17H26O6/c1-7-9-14(19)21-10-16(3,4)11-23-15(20)17(5,6)12-22-13(18)8-2/h7-8H,1-2,9-12H2,3-6H3. The Balaban J connectivity index is 4.37. The Kier molecular flexibility index (Phi) is 8.29. The first-order chi connectivity index (χ1) is 10.5. The molecule has 0 heterocycles. The summed E-state index contributed by atoms with van der Waals surface area (Å²) in [7, 11) is 0. The molecule has 0 atom stereocenters. The van der Waals surface area contributed by atoms with Crippen molar-refractivity contribution >= 4 is 17.9 Å². The maximum Gasteiger partial charge on any atom is 0.330 e. The predicted molar refractivity (Wildman–Crippen MR) is 85.5 cm³/mol. The summed E-state index contributed by atoms with van der Waals surface area (Å²) in [6.07, 6.45) is 2.63. The van der Waals surface area contributed by atoms with Crippen molar-refractivity contribution < 1.29 is 28.6 Å². The molecule has 0 fully saturated rings. The molecule has 6 nitrogen and oxygen atoms in total. The van der Waals surface area contributed by atoms with E-state index in [1.165, 1.54) is 6.08 Å². The molecule has 0 aliphatic rings. The number of ether oxygens (including phenoxy) is 3. The van der Waals surface area contributed by atoms with Crippen LogP contribution in [0, 0.1) is 10.8 Å². The van der Waals surface area contributed by atoms with Crippen LogP contribution in [-0.4, -0.2) is 37.7 Å². The molecule has 0 N–H and O–H groups in total. The summed E-state index contributed by atoms with van der Waals surface area (Å²) in [5.74, 6) is -1.48. The second-order valence-corrected chi connectivity index (χ2v) is 6.59. The van der Waals surface area contributed by atoms with Crippen LogP contribution in [0.1, 0.15) is 34.1 Å². The third kappa shape index (κ3) is 8.80. The number of hydrogen-bond donors (Lipinski definition) is 0. The summed E-state index contributed by atoms with van der Waals surface area (Å²) in [5.41, 5.74) is -1.51. The van der Waals surface area contributed by atoms with Crippen molar-refractivity contribution in [2.75, 3.05) is 19.8 Å². The van der Waals surface area contributed by atoms with Crippen LogP contribution in [0.5, 0.6) is 0 Å². The van der Waals surface area contributed by atoms with Crippen molar-refractivity contribution in [3.05, 3.63) is 25.3 Å². The van der Waals surface area contributed by atoms with Gasteiger partial charge in [-0.05, 0) is 13.8 Å². The highest BCUT2D eigenvalue weighted by Gasteiger charge is 2.33. The quantitative estimate of drug-likeness (QED) is 0.265. The lowest BCUT2D eigenvalue weighted by molar-refractivity contribution is -0.164. The van der Waals surface area contributed by atoms with Gasteiger partial charge in [0, 0.05) is 11.5 Å². The van der Waals surface area contributed by atoms with Crippen LogP contribution < -0.4 is 0 Å². The Labute approximate surface area is 137 Å². The summed E-state index contributed by atoms with van der Waals surface area (Å²) in [4.78, 5) is 34.5. The highest BCUT2D eigenvalue weighted by Crippen LogP contribution is 2.22. The zero-order chi connectivity index (χ0) is 18.1. The maximum atomic E-state index is 12.1. The Morgan fingerprint density at radius 2 is 1.48 bits per heavy atom. The fourth-order valence-corrected chi connectivity index (χ4v) is 1.32. The molecular formula is C17H26O6. The van der Waals surface area contributed by atoms with Gasteiger partial charge in [-0.2, -0.15) is 0 Å². The van der Waals surface area contributed by atoms with E-state index < -0.39 is 22.8 Å². The van der Waals surface area contributed by atoms with Gasteiger partial charge in [-0.15, -0.1) is 6.58 Å². The van der Waals surface area contributed by atoms with E-state index in [9.17, 15) is 14.4 Å². The lowest BCUT2D eigenvalue weighted by Crippen LogP contribution is -2.36. The van der Waals surface area contributed by atoms with Crippen LogP contribution in [0.15, 0.2) is 25.3 Å². The Morgan fingerprint density at radius 3 is 2.00 bits per heavy atom. The molecule has 0 aromatic carbocycles. The molecule has 0 aromatic rings.